The van der Waals surface area contributed by atoms with E-state index in [4.69, 9.17) is 5.11 Å². The van der Waals surface area contributed by atoms with Crippen LogP contribution in [0.25, 0.3) is 0 Å². The van der Waals surface area contributed by atoms with Crippen LogP contribution in [0.2, 0.25) is 0 Å². The van der Waals surface area contributed by atoms with E-state index in [1.165, 1.54) is 26.0 Å². The smallest absolute Gasteiger partial charge is 0.323 e. The number of hydrogen-bond donors (Lipinski definition) is 1. The molecule has 1 aliphatic heterocycles. The maximum atomic E-state index is 12.9. The molecule has 8 nitrogen and oxygen atoms in total. The van der Waals surface area contributed by atoms with Gasteiger partial charge in [0.25, 0.3) is 5.91 Å². The Morgan fingerprint density at radius 2 is 1.88 bits per heavy atom. The average Bonchev–Trinajstić information content (AvgIpc) is 3.01. The number of carboxylic acid groups (broad SMARTS) is 1. The van der Waals surface area contributed by atoms with Crippen molar-refractivity contribution in [2.45, 2.75) is 50.5 Å². The van der Waals surface area contributed by atoms with Crippen molar-refractivity contribution in [3.05, 3.63) is 18.0 Å². The molecule has 0 saturated carbocycles. The summed E-state index contributed by atoms with van der Waals surface area (Å²) < 4.78 is 28.5. The van der Waals surface area contributed by atoms with Crippen LogP contribution in [-0.2, 0) is 21.9 Å². The van der Waals surface area contributed by atoms with Crippen molar-refractivity contribution in [3.8, 4) is 0 Å². The Hall–Kier alpha value is -1.87. The second-order valence-corrected chi connectivity index (χ2v) is 8.66. The molecule has 1 aliphatic rings. The molecule has 1 saturated heterocycles. The highest BCUT2D eigenvalue weighted by molar-refractivity contribution is 7.89. The molecule has 0 spiro atoms. The molecular formula is C17H27N3O5S. The number of aromatic nitrogens is 1. The summed E-state index contributed by atoms with van der Waals surface area (Å²) in [5, 5.41) is 9.09. The van der Waals surface area contributed by atoms with Crippen molar-refractivity contribution >= 4 is 21.9 Å². The van der Waals surface area contributed by atoms with E-state index in [9.17, 15) is 18.0 Å². The Morgan fingerprint density at radius 1 is 1.27 bits per heavy atom. The van der Waals surface area contributed by atoms with Gasteiger partial charge >= 0.3 is 5.97 Å². The minimum absolute atomic E-state index is 0.0738. The third-order valence-electron chi connectivity index (χ3n) is 4.84. The molecule has 2 heterocycles. The molecule has 1 fully saturated rings. The van der Waals surface area contributed by atoms with Gasteiger partial charge < -0.3 is 14.6 Å². The van der Waals surface area contributed by atoms with Crippen molar-refractivity contribution in [1.82, 2.24) is 13.8 Å². The first-order chi connectivity index (χ1) is 12.2. The highest BCUT2D eigenvalue weighted by Gasteiger charge is 2.30. The topological polar surface area (TPSA) is 99.9 Å². The van der Waals surface area contributed by atoms with Crippen molar-refractivity contribution in [2.24, 2.45) is 7.05 Å². The summed E-state index contributed by atoms with van der Waals surface area (Å²) in [6.07, 6.45) is 4.70. The summed E-state index contributed by atoms with van der Waals surface area (Å²) in [5.41, 5.74) is 0.169. The third-order valence-corrected chi connectivity index (χ3v) is 6.71. The molecule has 1 unspecified atom stereocenters. The fourth-order valence-electron chi connectivity index (χ4n) is 3.08. The van der Waals surface area contributed by atoms with Crippen LogP contribution >= 0.6 is 0 Å². The van der Waals surface area contributed by atoms with E-state index in [1.807, 2.05) is 6.92 Å². The number of sulfonamides is 1. The lowest BCUT2D eigenvalue weighted by Crippen LogP contribution is -2.42. The second kappa shape index (κ2) is 8.22. The number of amides is 1. The number of carbonyl (C=O) groups excluding carboxylic acids is 1. The molecule has 1 N–H and O–H groups in total. The molecule has 26 heavy (non-hydrogen) atoms. The predicted octanol–water partition coefficient (Wildman–Crippen LogP) is 1.52. The number of aliphatic carboxylic acids is 1. The molecule has 9 heteroatoms. The van der Waals surface area contributed by atoms with Gasteiger partial charge in [-0.05, 0) is 32.3 Å². The van der Waals surface area contributed by atoms with Crippen molar-refractivity contribution in [2.75, 3.05) is 19.6 Å². The Balaban J connectivity index is 2.33. The van der Waals surface area contributed by atoms with Gasteiger partial charge in [0, 0.05) is 32.4 Å². The summed E-state index contributed by atoms with van der Waals surface area (Å²) in [4.78, 5) is 25.3. The minimum Gasteiger partial charge on any atom is -0.480 e. The summed E-state index contributed by atoms with van der Waals surface area (Å²) >= 11 is 0. The fraction of sp³-hybridized carbons (Fsp3) is 0.647. The van der Waals surface area contributed by atoms with Crippen LogP contribution in [0.4, 0.5) is 0 Å². The zero-order chi connectivity index (χ0) is 19.5. The summed E-state index contributed by atoms with van der Waals surface area (Å²) in [6, 6.07) is 1.08. The molecule has 146 valence electrons. The monoisotopic (exact) mass is 385 g/mol. The van der Waals surface area contributed by atoms with Gasteiger partial charge in [0.1, 0.15) is 17.1 Å². The maximum Gasteiger partial charge on any atom is 0.323 e. The zero-order valence-electron chi connectivity index (χ0n) is 15.5. The average molecular weight is 385 g/mol. The summed E-state index contributed by atoms with van der Waals surface area (Å²) in [6.45, 7) is 4.18. The molecule has 0 radical (unpaired) electrons. The van der Waals surface area contributed by atoms with E-state index in [2.05, 4.69) is 0 Å². The van der Waals surface area contributed by atoms with E-state index in [1.54, 1.807) is 14.0 Å². The Kier molecular flexibility index (Phi) is 6.46. The van der Waals surface area contributed by atoms with E-state index >= 15 is 0 Å². The van der Waals surface area contributed by atoms with E-state index in [0.717, 1.165) is 19.3 Å². The van der Waals surface area contributed by atoms with Gasteiger partial charge in [-0.1, -0.05) is 13.3 Å². The second-order valence-electron chi connectivity index (χ2n) is 6.72. The van der Waals surface area contributed by atoms with Gasteiger partial charge in [0.05, 0.1) is 0 Å². The maximum absolute atomic E-state index is 12.9. The van der Waals surface area contributed by atoms with Crippen LogP contribution in [0.15, 0.2) is 17.2 Å². The van der Waals surface area contributed by atoms with Crippen LogP contribution in [0.3, 0.4) is 0 Å². The molecular weight excluding hydrogens is 358 g/mol. The molecule has 1 amide bonds. The van der Waals surface area contributed by atoms with Crippen LogP contribution in [0.5, 0.6) is 0 Å². The molecule has 1 aromatic heterocycles. The van der Waals surface area contributed by atoms with Crippen molar-refractivity contribution in [1.29, 1.82) is 0 Å². The number of nitrogens with zero attached hydrogens (tertiary/aromatic N) is 3. The first-order valence-corrected chi connectivity index (χ1v) is 10.3. The highest BCUT2D eigenvalue weighted by Crippen LogP contribution is 2.23. The van der Waals surface area contributed by atoms with Crippen LogP contribution in [0.1, 0.15) is 50.0 Å². The van der Waals surface area contributed by atoms with Gasteiger partial charge in [-0.15, -0.1) is 0 Å². The van der Waals surface area contributed by atoms with Crippen molar-refractivity contribution in [3.63, 3.8) is 0 Å². The summed E-state index contributed by atoms with van der Waals surface area (Å²) in [5.74, 6) is -1.58. The number of carboxylic acids is 1. The predicted molar refractivity (Wildman–Crippen MR) is 96.4 cm³/mol. The normalized spacial score (nSPS) is 17.0. The van der Waals surface area contributed by atoms with Crippen LogP contribution < -0.4 is 0 Å². The van der Waals surface area contributed by atoms with E-state index < -0.39 is 28.4 Å². The lowest BCUT2D eigenvalue weighted by Gasteiger charge is -2.27. The first-order valence-electron chi connectivity index (χ1n) is 8.87. The van der Waals surface area contributed by atoms with E-state index in [-0.39, 0.29) is 16.6 Å². The Bertz CT molecular complexity index is 765. The van der Waals surface area contributed by atoms with Gasteiger partial charge in [0.15, 0.2) is 0 Å². The Labute approximate surface area is 154 Å². The fourth-order valence-corrected chi connectivity index (χ4v) is 4.67. The minimum atomic E-state index is -3.65. The largest absolute Gasteiger partial charge is 0.480 e. The van der Waals surface area contributed by atoms with E-state index in [0.29, 0.717) is 19.5 Å². The summed E-state index contributed by atoms with van der Waals surface area (Å²) in [7, 11) is -2.05. The molecule has 0 bridgehead atoms. The standard InChI is InChI=1S/C17H27N3O5S/c1-4-13(2)20(12-16(21)22)17(23)15-10-14(11-18(15)3)26(24,25)19-8-6-5-7-9-19/h10-11,13H,4-9,12H2,1-3H3,(H,21,22). The quantitative estimate of drug-likeness (QED) is 0.767. The third kappa shape index (κ3) is 4.27. The molecule has 0 aliphatic carbocycles. The number of hydrogen-bond acceptors (Lipinski definition) is 4. The first kappa shape index (κ1) is 20.4. The highest BCUT2D eigenvalue weighted by atomic mass is 32.2. The molecule has 2 rings (SSSR count). The molecule has 0 aromatic carbocycles. The lowest BCUT2D eigenvalue weighted by atomic mass is 10.2. The van der Waals surface area contributed by atoms with Gasteiger partial charge in [-0.3, -0.25) is 9.59 Å². The van der Waals surface area contributed by atoms with Gasteiger partial charge in [0.2, 0.25) is 10.0 Å². The molecule has 1 aromatic rings. The number of rotatable bonds is 7. The number of carbonyl (C=O) groups is 2. The van der Waals surface area contributed by atoms with Gasteiger partial charge in [-0.25, -0.2) is 8.42 Å². The Morgan fingerprint density at radius 3 is 2.42 bits per heavy atom. The zero-order valence-corrected chi connectivity index (χ0v) is 16.3. The van der Waals surface area contributed by atoms with Crippen molar-refractivity contribution < 1.29 is 23.1 Å². The van der Waals surface area contributed by atoms with Crippen LogP contribution in [-0.4, -0.2) is 64.8 Å². The van der Waals surface area contributed by atoms with Gasteiger partial charge in [-0.2, -0.15) is 4.31 Å². The SMILES string of the molecule is CCC(C)N(CC(=O)O)C(=O)c1cc(S(=O)(=O)N2CCCCC2)cn1C. The van der Waals surface area contributed by atoms with Crippen LogP contribution in [0, 0.1) is 0 Å². The number of aryl methyl sites for hydroxylation is 1. The molecule has 1 atom stereocenters. The lowest BCUT2D eigenvalue weighted by molar-refractivity contribution is -0.138. The number of piperidine rings is 1.